The van der Waals surface area contributed by atoms with Crippen LogP contribution in [0, 0.1) is 0 Å². The number of hydrogen-bond donors (Lipinski definition) is 1. The Labute approximate surface area is 105 Å². The van der Waals surface area contributed by atoms with E-state index in [4.69, 9.17) is 5.73 Å². The fourth-order valence-corrected chi connectivity index (χ4v) is 2.95. The highest BCUT2D eigenvalue weighted by atomic mass is 127. The molecule has 0 radical (unpaired) electrons. The van der Waals surface area contributed by atoms with Crippen LogP contribution in [0.25, 0.3) is 0 Å². The lowest BCUT2D eigenvalue weighted by atomic mass is 10.1. The quantitative estimate of drug-likeness (QED) is 0.490. The summed E-state index contributed by atoms with van der Waals surface area (Å²) in [5, 5.41) is 0. The lowest BCUT2D eigenvalue weighted by Gasteiger charge is -2.09. The highest BCUT2D eigenvalue weighted by Crippen LogP contribution is 2.22. The van der Waals surface area contributed by atoms with Crippen molar-refractivity contribution >= 4 is 29.6 Å². The summed E-state index contributed by atoms with van der Waals surface area (Å²) in [7, 11) is -1.05. The van der Waals surface area contributed by atoms with Crippen LogP contribution in [0.1, 0.15) is 0 Å². The van der Waals surface area contributed by atoms with Gasteiger partial charge >= 0.3 is 0 Å². The maximum Gasteiger partial charge on any atom is 0.255 e. The second-order valence-electron chi connectivity index (χ2n) is 2.94. The van der Waals surface area contributed by atoms with Crippen LogP contribution in [0.2, 0.25) is 0 Å². The van der Waals surface area contributed by atoms with E-state index in [2.05, 4.69) is 6.58 Å². The molecule has 0 aliphatic heterocycles. The van der Waals surface area contributed by atoms with Crippen LogP contribution in [0.15, 0.2) is 59.6 Å². The van der Waals surface area contributed by atoms with Crippen molar-refractivity contribution in [3.8, 4) is 0 Å². The van der Waals surface area contributed by atoms with Crippen molar-refractivity contribution in [1.82, 2.24) is 0 Å². The molecule has 1 rings (SSSR count). The third kappa shape index (κ3) is 3.98. The van der Waals surface area contributed by atoms with E-state index in [1.54, 1.807) is 12.2 Å². The van der Waals surface area contributed by atoms with Gasteiger partial charge in [0.1, 0.15) is 0 Å². The molecule has 2 atom stereocenters. The van der Waals surface area contributed by atoms with Crippen molar-refractivity contribution in [3.63, 3.8) is 0 Å². The second-order valence-corrected chi connectivity index (χ2v) is 6.26. The molecule has 0 fully saturated rings. The number of hydrogen-bond acceptors (Lipinski definition) is 2. The Morgan fingerprint density at radius 1 is 1.60 bits per heavy atom. The molecule has 15 heavy (non-hydrogen) atoms. The lowest BCUT2D eigenvalue weighted by molar-refractivity contribution is 0.614. The summed E-state index contributed by atoms with van der Waals surface area (Å²) in [5.74, 6) is 0. The largest absolute Gasteiger partial charge is 0.604 e. The normalized spacial score (nSPS) is 23.3. The van der Waals surface area contributed by atoms with Crippen LogP contribution >= 0.6 is 21.2 Å². The Balaban J connectivity index is 2.89. The molecule has 80 valence electrons. The first-order valence-corrected chi connectivity index (χ1v) is 8.07. The topological polar surface area (TPSA) is 49.1 Å². The van der Waals surface area contributed by atoms with Gasteiger partial charge in [0, 0.05) is 0 Å². The molecule has 0 aromatic heterocycles. The monoisotopic (exact) mass is 333 g/mol. The number of allylic oxidation sites excluding steroid dienone is 7. The fraction of sp³-hybridized carbons (Fsp3) is 0.0909. The van der Waals surface area contributed by atoms with Gasteiger partial charge in [0.25, 0.3) is 21.2 Å². The molecule has 1 aliphatic carbocycles. The van der Waals surface area contributed by atoms with Crippen LogP contribution in [-0.2, 0) is 8.35 Å². The smallest absolute Gasteiger partial charge is 0.255 e. The van der Waals surface area contributed by atoms with Crippen LogP contribution in [-0.4, -0.2) is 10.6 Å². The van der Waals surface area contributed by atoms with Crippen molar-refractivity contribution in [1.29, 1.82) is 0 Å². The molecule has 0 amide bonds. The molecule has 2 N–H and O–H groups in total. The van der Waals surface area contributed by atoms with Gasteiger partial charge in [-0.25, -0.2) is 0 Å². The molecule has 4 heteroatoms. The Morgan fingerprint density at radius 3 is 2.93 bits per heavy atom. The summed E-state index contributed by atoms with van der Waals surface area (Å²) in [4.78, 5) is 0.730. The number of nitrogens with two attached hydrogens (primary N) is 1. The molecule has 0 aromatic rings. The van der Waals surface area contributed by atoms with Gasteiger partial charge in [0.2, 0.25) is 0 Å². The van der Waals surface area contributed by atoms with Crippen LogP contribution in [0.5, 0.6) is 0 Å². The van der Waals surface area contributed by atoms with Gasteiger partial charge in [0.05, 0.1) is 14.4 Å². The number of rotatable bonds is 3. The zero-order valence-corrected chi connectivity index (χ0v) is 11.1. The van der Waals surface area contributed by atoms with E-state index in [9.17, 15) is 4.55 Å². The first-order valence-electron chi connectivity index (χ1n) is 4.38. The zero-order valence-electron chi connectivity index (χ0n) is 8.10. The third-order valence-electron chi connectivity index (χ3n) is 1.86. The number of halogens is 1. The molecule has 0 aromatic carbocycles. The zero-order chi connectivity index (χ0) is 11.3. The van der Waals surface area contributed by atoms with Crippen molar-refractivity contribution < 1.29 is 4.55 Å². The minimum absolute atomic E-state index is 0.290. The van der Waals surface area contributed by atoms with Crippen LogP contribution < -0.4 is 5.73 Å². The first-order chi connectivity index (χ1) is 7.15. The van der Waals surface area contributed by atoms with E-state index in [-0.39, 0.29) is 6.04 Å². The summed E-state index contributed by atoms with van der Waals surface area (Å²) in [6.07, 6.45) is 12.9. The molecule has 0 spiro atoms. The molecule has 0 unspecified atom stereocenters. The predicted octanol–water partition coefficient (Wildman–Crippen LogP) is 2.53. The van der Waals surface area contributed by atoms with E-state index < -0.39 is 8.35 Å². The van der Waals surface area contributed by atoms with E-state index in [0.29, 0.717) is 0 Å². The molecule has 2 nitrogen and oxygen atoms in total. The highest BCUT2D eigenvalue weighted by molar-refractivity contribution is 14.2. The molecule has 0 saturated carbocycles. The summed E-state index contributed by atoms with van der Waals surface area (Å²) in [5.41, 5.74) is 6.90. The lowest BCUT2D eigenvalue weighted by Crippen LogP contribution is -2.23. The Kier molecular flexibility index (Phi) is 5.38. The van der Waals surface area contributed by atoms with Crippen molar-refractivity contribution in [2.24, 2.45) is 5.73 Å². The molecule has 1 aliphatic rings. The van der Waals surface area contributed by atoms with E-state index >= 15 is 0 Å². The third-order valence-corrected chi connectivity index (χ3v) is 4.16. The van der Waals surface area contributed by atoms with Gasteiger partial charge in [-0.2, -0.15) is 0 Å². The summed E-state index contributed by atoms with van der Waals surface area (Å²) in [6.45, 7) is 3.60. The Morgan fingerprint density at radius 2 is 2.33 bits per heavy atom. The first kappa shape index (κ1) is 12.8. The minimum atomic E-state index is -1.05. The molecule has 0 bridgehead atoms. The fourth-order valence-electron chi connectivity index (χ4n) is 1.16. The predicted molar refractivity (Wildman–Crippen MR) is 74.8 cm³/mol. The average molecular weight is 333 g/mol. The highest BCUT2D eigenvalue weighted by Gasteiger charge is 2.19. The average Bonchev–Trinajstić information content (AvgIpc) is 2.36. The van der Waals surface area contributed by atoms with Gasteiger partial charge < -0.3 is 10.3 Å². The molecular weight excluding hydrogens is 321 g/mol. The van der Waals surface area contributed by atoms with Gasteiger partial charge in [-0.3, -0.25) is 0 Å². The molecule has 0 heterocycles. The van der Waals surface area contributed by atoms with Crippen molar-refractivity contribution in [3.05, 3.63) is 59.6 Å². The summed E-state index contributed by atoms with van der Waals surface area (Å²) in [6, 6.07) is -0.290. The van der Waals surface area contributed by atoms with E-state index in [1.807, 2.05) is 51.6 Å². The Bertz CT molecular complexity index is 356. The van der Waals surface area contributed by atoms with Gasteiger partial charge in [0.15, 0.2) is 4.91 Å². The second kappa shape index (κ2) is 6.32. The van der Waals surface area contributed by atoms with E-state index in [0.717, 1.165) is 10.5 Å². The molecular formula is C11H12INOS. The standard InChI is InChI=1S/C11H12INOS/c1-2-3-5-9-6-4-7-11(15(12)14)10(13)8-9/h2-8,10H,1,13H2/b5-3-/t10-,15+/m1/s1. The van der Waals surface area contributed by atoms with E-state index in [1.165, 1.54) is 0 Å². The molecule has 0 saturated heterocycles. The van der Waals surface area contributed by atoms with Gasteiger partial charge in [-0.05, 0) is 11.6 Å². The summed E-state index contributed by atoms with van der Waals surface area (Å²) < 4.78 is 11.3. The van der Waals surface area contributed by atoms with Crippen LogP contribution in [0.3, 0.4) is 0 Å². The van der Waals surface area contributed by atoms with Crippen LogP contribution in [0.4, 0.5) is 0 Å². The SMILES string of the molecule is C=C/C=C\C1=C[C@@H](N)C([S@+]([O-])I)=CC=C1. The maximum absolute atomic E-state index is 11.3. The Hall–Kier alpha value is -0.300. The summed E-state index contributed by atoms with van der Waals surface area (Å²) >= 11 is 1.86. The van der Waals surface area contributed by atoms with Crippen molar-refractivity contribution in [2.45, 2.75) is 6.04 Å². The van der Waals surface area contributed by atoms with Gasteiger partial charge in [-0.15, -0.1) is 0 Å². The van der Waals surface area contributed by atoms with Crippen molar-refractivity contribution in [2.75, 3.05) is 0 Å². The minimum Gasteiger partial charge on any atom is -0.604 e. The van der Waals surface area contributed by atoms with Gasteiger partial charge in [-0.1, -0.05) is 43.0 Å². The maximum atomic E-state index is 11.3.